The zero-order chi connectivity index (χ0) is 24.2. The van der Waals surface area contributed by atoms with Gasteiger partial charge in [0.2, 0.25) is 5.95 Å². The average Bonchev–Trinajstić information content (AvgIpc) is 3.48. The molecule has 11 heteroatoms. The Labute approximate surface area is 203 Å². The number of aryl methyl sites for hydroxylation is 1. The van der Waals surface area contributed by atoms with Gasteiger partial charge in [-0.05, 0) is 79.0 Å². The summed E-state index contributed by atoms with van der Waals surface area (Å²) < 4.78 is 47.6. The summed E-state index contributed by atoms with van der Waals surface area (Å²) in [6.45, 7) is 4.00. The van der Waals surface area contributed by atoms with E-state index >= 15 is 0 Å². The Morgan fingerprint density at radius 2 is 1.83 bits per heavy atom. The van der Waals surface area contributed by atoms with Crippen molar-refractivity contribution in [2.75, 3.05) is 23.3 Å². The summed E-state index contributed by atoms with van der Waals surface area (Å²) in [6, 6.07) is 12.0. The van der Waals surface area contributed by atoms with Crippen LogP contribution in [0.4, 0.5) is 24.1 Å². The molecule has 0 spiro atoms. The molecule has 1 aliphatic heterocycles. The van der Waals surface area contributed by atoms with Gasteiger partial charge in [-0.15, -0.1) is 18.3 Å². The molecule has 182 valence electrons. The van der Waals surface area contributed by atoms with Gasteiger partial charge < -0.3 is 15.0 Å². The maximum atomic E-state index is 12.5. The number of halogens is 3. The lowest BCUT2D eigenvalue weighted by molar-refractivity contribution is -0.274. The summed E-state index contributed by atoms with van der Waals surface area (Å²) in [5, 5.41) is 9.47. The van der Waals surface area contributed by atoms with Crippen LogP contribution in [0, 0.1) is 18.8 Å². The lowest BCUT2D eigenvalue weighted by atomic mass is 9.92. The molecule has 2 aliphatic rings. The first kappa shape index (κ1) is 22.1. The summed E-state index contributed by atoms with van der Waals surface area (Å²) in [5.74, 6) is 1.32. The molecule has 7 nitrogen and oxygen atoms in total. The van der Waals surface area contributed by atoms with Crippen molar-refractivity contribution in [3.8, 4) is 16.9 Å². The molecule has 3 atom stereocenters. The van der Waals surface area contributed by atoms with E-state index in [0.29, 0.717) is 29.5 Å². The fourth-order valence-corrected chi connectivity index (χ4v) is 6.09. The first-order valence-corrected chi connectivity index (χ1v) is 12.3. The van der Waals surface area contributed by atoms with Gasteiger partial charge in [0.05, 0.1) is 5.69 Å². The van der Waals surface area contributed by atoms with Crippen molar-refractivity contribution in [3.05, 3.63) is 54.4 Å². The van der Waals surface area contributed by atoms with E-state index in [1.807, 2.05) is 25.3 Å². The Bertz CT molecular complexity index is 1340. The van der Waals surface area contributed by atoms with Gasteiger partial charge >= 0.3 is 6.36 Å². The van der Waals surface area contributed by atoms with Gasteiger partial charge in [0.1, 0.15) is 10.8 Å². The van der Waals surface area contributed by atoms with Crippen LogP contribution >= 0.6 is 11.5 Å². The highest BCUT2D eigenvalue weighted by molar-refractivity contribution is 7.10. The number of piperidine rings is 1. The molecule has 0 unspecified atom stereocenters. The van der Waals surface area contributed by atoms with Crippen molar-refractivity contribution in [1.29, 1.82) is 0 Å². The molecule has 35 heavy (non-hydrogen) atoms. The van der Waals surface area contributed by atoms with Crippen molar-refractivity contribution in [1.82, 2.24) is 19.0 Å². The predicted molar refractivity (Wildman–Crippen MR) is 128 cm³/mol. The number of ether oxygens (including phenoxy) is 1. The van der Waals surface area contributed by atoms with Gasteiger partial charge in [0.15, 0.2) is 5.65 Å². The molecule has 1 aromatic carbocycles. The van der Waals surface area contributed by atoms with E-state index in [9.17, 15) is 13.2 Å². The fraction of sp³-hybridized carbons (Fsp3) is 0.375. The molecule has 0 radical (unpaired) electrons. The SMILES string of the molecule is Cc1cc(N2C[C@H]3CC[C@@H](C2)[C@@H]3Nc2nc3c(-c4ccc(OC(F)(F)F)cc4)cccn3n2)sn1. The van der Waals surface area contributed by atoms with Gasteiger partial charge in [0.25, 0.3) is 0 Å². The minimum atomic E-state index is -4.72. The first-order chi connectivity index (χ1) is 16.8. The second kappa shape index (κ2) is 8.40. The summed E-state index contributed by atoms with van der Waals surface area (Å²) in [6.07, 6.45) is -0.561. The number of nitrogens with one attached hydrogen (secondary N) is 1. The third kappa shape index (κ3) is 4.40. The molecule has 2 fully saturated rings. The molecule has 1 saturated heterocycles. The quantitative estimate of drug-likeness (QED) is 0.397. The molecule has 4 heterocycles. The van der Waals surface area contributed by atoms with Crippen molar-refractivity contribution in [2.24, 2.45) is 11.8 Å². The molecule has 3 aromatic heterocycles. The standard InChI is InChI=1S/C24H23F3N6OS/c1-14-11-20(35-31-14)32-12-16-4-5-17(13-32)21(16)28-23-29-22-19(3-2-10-33(22)30-23)15-6-8-18(9-7-15)34-24(25,26)27/h2-3,6-11,16-17,21H,4-5,12-13H2,1H3,(H,28,30)/t16-,17+,21-. The number of fused-ring (bicyclic) bond motifs is 3. The fourth-order valence-electron chi connectivity index (χ4n) is 5.32. The van der Waals surface area contributed by atoms with Crippen LogP contribution in [0.15, 0.2) is 48.7 Å². The Morgan fingerprint density at radius 1 is 1.09 bits per heavy atom. The van der Waals surface area contributed by atoms with Crippen LogP contribution in [0.1, 0.15) is 18.5 Å². The molecule has 0 amide bonds. The Balaban J connectivity index is 1.21. The summed E-state index contributed by atoms with van der Waals surface area (Å²) in [4.78, 5) is 7.20. The third-order valence-electron chi connectivity index (χ3n) is 6.82. The molecule has 4 aromatic rings. The van der Waals surface area contributed by atoms with Gasteiger partial charge in [-0.1, -0.05) is 12.1 Å². The minimum absolute atomic E-state index is 0.257. The van der Waals surface area contributed by atoms with Crippen LogP contribution in [0.25, 0.3) is 16.8 Å². The van der Waals surface area contributed by atoms with Gasteiger partial charge in [0, 0.05) is 30.9 Å². The van der Waals surface area contributed by atoms with Crippen LogP contribution in [0.3, 0.4) is 0 Å². The van der Waals surface area contributed by atoms with E-state index < -0.39 is 6.36 Å². The maximum absolute atomic E-state index is 12.5. The normalized spacial score (nSPS) is 22.1. The number of aromatic nitrogens is 4. The molecular formula is C24H23F3N6OS. The van der Waals surface area contributed by atoms with Crippen molar-refractivity contribution in [2.45, 2.75) is 32.2 Å². The lowest BCUT2D eigenvalue weighted by Gasteiger charge is -2.38. The summed E-state index contributed by atoms with van der Waals surface area (Å²) in [7, 11) is 0. The van der Waals surface area contributed by atoms with E-state index in [4.69, 9.17) is 4.98 Å². The lowest BCUT2D eigenvalue weighted by Crippen LogP contribution is -2.48. The second-order valence-corrected chi connectivity index (χ2v) is 9.96. The molecule has 6 rings (SSSR count). The van der Waals surface area contributed by atoms with Gasteiger partial charge in [-0.2, -0.15) is 9.36 Å². The van der Waals surface area contributed by atoms with E-state index in [0.717, 1.165) is 29.9 Å². The van der Waals surface area contributed by atoms with Crippen LogP contribution in [-0.4, -0.2) is 44.5 Å². The molecule has 2 bridgehead atoms. The zero-order valence-corrected chi connectivity index (χ0v) is 19.7. The Hall–Kier alpha value is -3.34. The predicted octanol–water partition coefficient (Wildman–Crippen LogP) is 5.39. The maximum Gasteiger partial charge on any atom is 0.573 e. The number of anilines is 2. The number of alkyl halides is 3. The van der Waals surface area contributed by atoms with Crippen molar-refractivity contribution >= 4 is 28.1 Å². The highest BCUT2D eigenvalue weighted by Crippen LogP contribution is 2.41. The minimum Gasteiger partial charge on any atom is -0.406 e. The highest BCUT2D eigenvalue weighted by Gasteiger charge is 2.43. The largest absolute Gasteiger partial charge is 0.573 e. The van der Waals surface area contributed by atoms with E-state index in [-0.39, 0.29) is 5.75 Å². The second-order valence-electron chi connectivity index (χ2n) is 9.18. The Kier molecular flexibility index (Phi) is 5.32. The average molecular weight is 501 g/mol. The van der Waals surface area contributed by atoms with Crippen molar-refractivity contribution < 1.29 is 17.9 Å². The zero-order valence-electron chi connectivity index (χ0n) is 18.9. The molecule has 1 N–H and O–H groups in total. The number of nitrogens with zero attached hydrogens (tertiary/aromatic N) is 5. The van der Waals surface area contributed by atoms with Gasteiger partial charge in [-0.25, -0.2) is 4.52 Å². The van der Waals surface area contributed by atoms with Crippen LogP contribution in [-0.2, 0) is 0 Å². The first-order valence-electron chi connectivity index (χ1n) is 11.5. The molecule has 1 saturated carbocycles. The topological polar surface area (TPSA) is 67.6 Å². The summed E-state index contributed by atoms with van der Waals surface area (Å²) in [5.41, 5.74) is 3.22. The van der Waals surface area contributed by atoms with Crippen molar-refractivity contribution in [3.63, 3.8) is 0 Å². The monoisotopic (exact) mass is 500 g/mol. The number of benzene rings is 1. The van der Waals surface area contributed by atoms with E-state index in [1.165, 1.54) is 30.0 Å². The molecule has 1 aliphatic carbocycles. The van der Waals surface area contributed by atoms with Crippen LogP contribution in [0.5, 0.6) is 5.75 Å². The van der Waals surface area contributed by atoms with Crippen LogP contribution in [0.2, 0.25) is 0 Å². The summed E-state index contributed by atoms with van der Waals surface area (Å²) >= 11 is 1.56. The smallest absolute Gasteiger partial charge is 0.406 e. The van der Waals surface area contributed by atoms with Gasteiger partial charge in [-0.3, -0.25) is 0 Å². The Morgan fingerprint density at radius 3 is 2.49 bits per heavy atom. The van der Waals surface area contributed by atoms with E-state index in [1.54, 1.807) is 28.2 Å². The molecular weight excluding hydrogens is 477 g/mol. The number of rotatable bonds is 5. The number of pyridine rings is 1. The highest BCUT2D eigenvalue weighted by atomic mass is 32.1. The van der Waals surface area contributed by atoms with E-state index in [2.05, 4.69) is 30.5 Å². The van der Waals surface area contributed by atoms with Crippen LogP contribution < -0.4 is 15.0 Å². The number of hydrogen-bond donors (Lipinski definition) is 1. The number of hydrogen-bond acceptors (Lipinski definition) is 7. The third-order valence-corrected chi connectivity index (χ3v) is 7.76.